The van der Waals surface area contributed by atoms with Gasteiger partial charge in [0.2, 0.25) is 0 Å². The predicted octanol–water partition coefficient (Wildman–Crippen LogP) is 5.85. The Bertz CT molecular complexity index is 748. The highest BCUT2D eigenvalue weighted by Crippen LogP contribution is 2.79. The van der Waals surface area contributed by atoms with Gasteiger partial charge < -0.3 is 0 Å². The summed E-state index contributed by atoms with van der Waals surface area (Å²) in [5.74, 6) is -50.1. The molecule has 0 N–H and O–H groups in total. The summed E-state index contributed by atoms with van der Waals surface area (Å²) in [6.07, 6.45) is -15.0. The highest BCUT2D eigenvalue weighted by Gasteiger charge is 3.12. The fourth-order valence-electron chi connectivity index (χ4n) is 3.24. The largest absolute Gasteiger partial charge is 0.431 e. The maximum absolute atomic E-state index is 14.4. The van der Waals surface area contributed by atoms with Gasteiger partial charge in [0.25, 0.3) is 11.3 Å². The molecule has 19 heteroatoms. The molecule has 0 bridgehead atoms. The standard InChI is InChI=1S/C11HF19/c12-1-2(13)4(15,7(20,21)6(18,19)3(1,14)11(28,29)30)8(22,23)10(26,27)9(24,25)5(2,16)17/h1H. The molecule has 0 aromatic carbocycles. The van der Waals surface area contributed by atoms with Gasteiger partial charge in [-0.1, -0.05) is 0 Å². The molecule has 0 nitrogen and oxygen atoms in total. The Balaban J connectivity index is 3.21. The molecule has 30 heavy (non-hydrogen) atoms. The lowest BCUT2D eigenvalue weighted by Gasteiger charge is -2.63. The number of rotatable bonds is 0. The van der Waals surface area contributed by atoms with Crippen LogP contribution >= 0.6 is 0 Å². The second-order valence-electron chi connectivity index (χ2n) is 6.39. The molecule has 0 spiro atoms. The van der Waals surface area contributed by atoms with Crippen molar-refractivity contribution in [3.8, 4) is 0 Å². The molecule has 2 aliphatic rings. The summed E-state index contributed by atoms with van der Waals surface area (Å²) in [5.41, 5.74) is -24.9. The predicted molar refractivity (Wildman–Crippen MR) is 52.1 cm³/mol. The molecule has 0 amide bonds. The molecule has 2 fully saturated rings. The van der Waals surface area contributed by atoms with Crippen LogP contribution in [0.5, 0.6) is 0 Å². The third-order valence-corrected chi connectivity index (χ3v) is 4.97. The molecule has 0 aromatic heterocycles. The molecule has 0 saturated heterocycles. The van der Waals surface area contributed by atoms with Gasteiger partial charge in [-0.25, -0.2) is 17.6 Å². The average Bonchev–Trinajstić information content (AvgIpc) is 2.54. The summed E-state index contributed by atoms with van der Waals surface area (Å²) in [6, 6.07) is 0. The van der Waals surface area contributed by atoms with Gasteiger partial charge in [-0.15, -0.1) is 0 Å². The number of hydrogen-bond acceptors (Lipinski definition) is 0. The van der Waals surface area contributed by atoms with Gasteiger partial charge in [-0.3, -0.25) is 0 Å². The fraction of sp³-hybridized carbons (Fsp3) is 1.00. The lowest BCUT2D eigenvalue weighted by Crippen LogP contribution is -2.97. The van der Waals surface area contributed by atoms with Crippen LogP contribution in [0.3, 0.4) is 0 Å². The van der Waals surface area contributed by atoms with Crippen molar-refractivity contribution in [2.75, 3.05) is 0 Å². The lowest BCUT2D eigenvalue weighted by atomic mass is 9.53. The van der Waals surface area contributed by atoms with Crippen LogP contribution in [0.2, 0.25) is 0 Å². The van der Waals surface area contributed by atoms with E-state index >= 15 is 0 Å². The Morgan fingerprint density at radius 1 is 0.433 bits per heavy atom. The first-order valence-electron chi connectivity index (χ1n) is 6.70. The Labute approximate surface area is 150 Å². The summed E-state index contributed by atoms with van der Waals surface area (Å²) >= 11 is 0. The molecule has 178 valence electrons. The number of alkyl halides is 19. The van der Waals surface area contributed by atoms with E-state index in [9.17, 15) is 83.4 Å². The number of fused-ring (bicyclic) bond motifs is 1. The molecule has 4 atom stereocenters. The first-order valence-corrected chi connectivity index (χ1v) is 6.70. The van der Waals surface area contributed by atoms with E-state index in [-0.39, 0.29) is 0 Å². The van der Waals surface area contributed by atoms with E-state index in [0.29, 0.717) is 0 Å². The van der Waals surface area contributed by atoms with Crippen molar-refractivity contribution in [1.82, 2.24) is 0 Å². The zero-order valence-electron chi connectivity index (χ0n) is 12.8. The van der Waals surface area contributed by atoms with E-state index in [2.05, 4.69) is 0 Å². The van der Waals surface area contributed by atoms with Crippen LogP contribution < -0.4 is 0 Å². The van der Waals surface area contributed by atoms with Crippen LogP contribution in [0, 0.1) is 0 Å². The summed E-state index contributed by atoms with van der Waals surface area (Å²) in [5, 5.41) is 0. The monoisotopic (exact) mass is 494 g/mol. The summed E-state index contributed by atoms with van der Waals surface area (Å²) in [6.45, 7) is 0. The average molecular weight is 494 g/mol. The van der Waals surface area contributed by atoms with Crippen LogP contribution in [0.25, 0.3) is 0 Å². The third-order valence-electron chi connectivity index (χ3n) is 4.97. The van der Waals surface area contributed by atoms with Gasteiger partial charge in [0.1, 0.15) is 0 Å². The zero-order chi connectivity index (χ0) is 24.6. The molecule has 0 aliphatic heterocycles. The van der Waals surface area contributed by atoms with Gasteiger partial charge >= 0.3 is 47.4 Å². The van der Waals surface area contributed by atoms with Gasteiger partial charge in [0, 0.05) is 0 Å². The van der Waals surface area contributed by atoms with Crippen molar-refractivity contribution < 1.29 is 83.4 Å². The van der Waals surface area contributed by atoms with E-state index in [1.807, 2.05) is 0 Å². The molecular weight excluding hydrogens is 493 g/mol. The topological polar surface area (TPSA) is 0 Å². The van der Waals surface area contributed by atoms with E-state index < -0.39 is 64.9 Å². The van der Waals surface area contributed by atoms with Crippen molar-refractivity contribution in [2.24, 2.45) is 0 Å². The maximum Gasteiger partial charge on any atom is 0.431 e. The Kier molecular flexibility index (Phi) is 4.30. The van der Waals surface area contributed by atoms with Crippen molar-refractivity contribution in [3.63, 3.8) is 0 Å². The Morgan fingerprint density at radius 2 is 0.733 bits per heavy atom. The Morgan fingerprint density at radius 3 is 1.07 bits per heavy atom. The lowest BCUT2D eigenvalue weighted by molar-refractivity contribution is -0.537. The van der Waals surface area contributed by atoms with Gasteiger partial charge in [-0.2, -0.15) is 65.9 Å². The highest BCUT2D eigenvalue weighted by atomic mass is 19.4. The molecule has 2 aliphatic carbocycles. The molecule has 0 radical (unpaired) electrons. The van der Waals surface area contributed by atoms with Crippen LogP contribution in [0.1, 0.15) is 0 Å². The third kappa shape index (κ3) is 1.73. The first-order chi connectivity index (χ1) is 12.7. The highest BCUT2D eigenvalue weighted by molar-refractivity contribution is 5.42. The molecule has 0 aromatic rings. The summed E-state index contributed by atoms with van der Waals surface area (Å²) < 4.78 is 256. The maximum atomic E-state index is 14.4. The SMILES string of the molecule is FC1C(F)(C(F)(F)F)C(F)(F)C(F)(F)C2(F)C(F)(F)C(F)(F)C(F)(F)C(F)(F)C12F. The second-order valence-corrected chi connectivity index (χ2v) is 6.39. The summed E-state index contributed by atoms with van der Waals surface area (Å²) in [4.78, 5) is 0. The van der Waals surface area contributed by atoms with E-state index in [1.165, 1.54) is 0 Å². The van der Waals surface area contributed by atoms with Crippen LogP contribution in [-0.4, -0.2) is 64.9 Å². The zero-order valence-corrected chi connectivity index (χ0v) is 12.8. The minimum Gasteiger partial charge on any atom is -0.239 e. The van der Waals surface area contributed by atoms with Gasteiger partial charge in [0.15, 0.2) is 6.17 Å². The number of hydrogen-bond donors (Lipinski definition) is 0. The minimum atomic E-state index is -8.60. The normalized spacial score (nSPS) is 45.5. The van der Waals surface area contributed by atoms with Crippen molar-refractivity contribution >= 4 is 0 Å². The van der Waals surface area contributed by atoms with Crippen molar-refractivity contribution in [3.05, 3.63) is 0 Å². The van der Waals surface area contributed by atoms with Crippen LogP contribution in [0.4, 0.5) is 83.4 Å². The van der Waals surface area contributed by atoms with Crippen molar-refractivity contribution in [1.29, 1.82) is 0 Å². The smallest absolute Gasteiger partial charge is 0.239 e. The van der Waals surface area contributed by atoms with Crippen molar-refractivity contribution in [2.45, 2.75) is 64.9 Å². The van der Waals surface area contributed by atoms with Gasteiger partial charge in [-0.05, 0) is 0 Å². The van der Waals surface area contributed by atoms with E-state index in [1.54, 1.807) is 0 Å². The van der Waals surface area contributed by atoms with Crippen LogP contribution in [0.15, 0.2) is 0 Å². The van der Waals surface area contributed by atoms with Gasteiger partial charge in [0.05, 0.1) is 0 Å². The molecule has 4 unspecified atom stereocenters. The molecule has 0 heterocycles. The molecule has 2 saturated carbocycles. The van der Waals surface area contributed by atoms with E-state index in [0.717, 1.165) is 0 Å². The Hall–Kier alpha value is -1.33. The molecular formula is C11HF19. The fourth-order valence-corrected chi connectivity index (χ4v) is 3.24. The quantitative estimate of drug-likeness (QED) is 0.371. The summed E-state index contributed by atoms with van der Waals surface area (Å²) in [7, 11) is 0. The van der Waals surface area contributed by atoms with E-state index in [4.69, 9.17) is 0 Å². The second kappa shape index (κ2) is 5.17. The first kappa shape index (κ1) is 24.9. The molecule has 2 rings (SSSR count). The minimum absolute atomic E-state index is 7.02. The number of halogens is 19. The van der Waals surface area contributed by atoms with Crippen LogP contribution in [-0.2, 0) is 0 Å².